The van der Waals surface area contributed by atoms with E-state index in [-0.39, 0.29) is 0 Å². The minimum Gasteiger partial charge on any atom is -0.316 e. The van der Waals surface area contributed by atoms with Crippen molar-refractivity contribution in [3.8, 4) is 0 Å². The zero-order chi connectivity index (χ0) is 14.5. The molecular formula is C14H20F3NS. The molecule has 0 spiro atoms. The van der Waals surface area contributed by atoms with E-state index in [1.54, 1.807) is 19.2 Å². The number of halogens is 3. The van der Waals surface area contributed by atoms with E-state index in [1.807, 2.05) is 0 Å². The molecule has 0 aromatic heterocycles. The molecule has 19 heavy (non-hydrogen) atoms. The van der Waals surface area contributed by atoms with Crippen LogP contribution in [0, 0.1) is 5.92 Å². The molecule has 1 aromatic carbocycles. The Bertz CT molecular complexity index is 402. The fourth-order valence-corrected chi connectivity index (χ4v) is 2.95. The van der Waals surface area contributed by atoms with Gasteiger partial charge in [-0.05, 0) is 42.8 Å². The third-order valence-electron chi connectivity index (χ3n) is 2.68. The molecule has 0 aliphatic carbocycles. The van der Waals surface area contributed by atoms with E-state index < -0.39 is 11.7 Å². The third-order valence-corrected chi connectivity index (χ3v) is 3.79. The van der Waals surface area contributed by atoms with Crippen LogP contribution >= 0.6 is 11.8 Å². The van der Waals surface area contributed by atoms with Crippen LogP contribution in [0.4, 0.5) is 13.2 Å². The van der Waals surface area contributed by atoms with Crippen molar-refractivity contribution in [3.05, 3.63) is 29.3 Å². The SMILES string of the molecule is CNCc1ccc(SCCC(C)C)c(C(F)(F)F)c1. The molecule has 0 aliphatic rings. The summed E-state index contributed by atoms with van der Waals surface area (Å²) in [6.07, 6.45) is -3.37. The van der Waals surface area contributed by atoms with E-state index in [0.717, 1.165) is 6.42 Å². The maximum absolute atomic E-state index is 13.0. The van der Waals surface area contributed by atoms with Gasteiger partial charge in [0.2, 0.25) is 0 Å². The Morgan fingerprint density at radius 3 is 2.47 bits per heavy atom. The molecule has 1 nitrogen and oxygen atoms in total. The molecule has 5 heteroatoms. The second kappa shape index (κ2) is 7.20. The fourth-order valence-electron chi connectivity index (χ4n) is 1.64. The van der Waals surface area contributed by atoms with Crippen LogP contribution in [0.2, 0.25) is 0 Å². The summed E-state index contributed by atoms with van der Waals surface area (Å²) >= 11 is 1.29. The van der Waals surface area contributed by atoms with Crippen molar-refractivity contribution >= 4 is 11.8 Å². The van der Waals surface area contributed by atoms with Crippen LogP contribution in [0.25, 0.3) is 0 Å². The predicted molar refractivity (Wildman–Crippen MR) is 74.4 cm³/mol. The van der Waals surface area contributed by atoms with Crippen molar-refractivity contribution in [2.75, 3.05) is 12.8 Å². The summed E-state index contributed by atoms with van der Waals surface area (Å²) < 4.78 is 39.1. The first-order valence-electron chi connectivity index (χ1n) is 6.32. The number of hydrogen-bond donors (Lipinski definition) is 1. The van der Waals surface area contributed by atoms with Crippen molar-refractivity contribution < 1.29 is 13.2 Å². The molecule has 108 valence electrons. The van der Waals surface area contributed by atoms with Crippen LogP contribution in [0.1, 0.15) is 31.4 Å². The van der Waals surface area contributed by atoms with Gasteiger partial charge in [0.25, 0.3) is 0 Å². The van der Waals surface area contributed by atoms with Crippen LogP contribution in [0.15, 0.2) is 23.1 Å². The Morgan fingerprint density at radius 2 is 1.95 bits per heavy atom. The van der Waals surface area contributed by atoms with Gasteiger partial charge in [-0.25, -0.2) is 0 Å². The summed E-state index contributed by atoms with van der Waals surface area (Å²) in [5, 5.41) is 2.87. The third kappa shape index (κ3) is 5.45. The molecule has 1 rings (SSSR count). The minimum absolute atomic E-state index is 0.327. The van der Waals surface area contributed by atoms with Crippen molar-refractivity contribution in [2.45, 2.75) is 37.9 Å². The summed E-state index contributed by atoms with van der Waals surface area (Å²) in [4.78, 5) is 0.327. The van der Waals surface area contributed by atoms with E-state index in [4.69, 9.17) is 0 Å². The summed E-state index contributed by atoms with van der Waals surface area (Å²) in [5.74, 6) is 1.22. The minimum atomic E-state index is -4.29. The zero-order valence-electron chi connectivity index (χ0n) is 11.5. The van der Waals surface area contributed by atoms with Crippen LogP contribution in [0.5, 0.6) is 0 Å². The lowest BCUT2D eigenvalue weighted by atomic mass is 10.1. The van der Waals surface area contributed by atoms with Crippen molar-refractivity contribution in [1.82, 2.24) is 5.32 Å². The number of benzene rings is 1. The van der Waals surface area contributed by atoms with Gasteiger partial charge in [-0.3, -0.25) is 0 Å². The average molecular weight is 291 g/mol. The van der Waals surface area contributed by atoms with E-state index in [2.05, 4.69) is 19.2 Å². The molecule has 0 amide bonds. The molecule has 0 heterocycles. The number of alkyl halides is 3. The second-order valence-corrected chi connectivity index (χ2v) is 6.03. The van der Waals surface area contributed by atoms with Crippen LogP contribution < -0.4 is 5.32 Å². The lowest BCUT2D eigenvalue weighted by Crippen LogP contribution is -2.10. The fraction of sp³-hybridized carbons (Fsp3) is 0.571. The molecule has 0 saturated carbocycles. The Labute approximate surface area is 117 Å². The molecule has 0 radical (unpaired) electrons. The topological polar surface area (TPSA) is 12.0 Å². The highest BCUT2D eigenvalue weighted by Crippen LogP contribution is 2.37. The zero-order valence-corrected chi connectivity index (χ0v) is 12.3. The van der Waals surface area contributed by atoms with Gasteiger partial charge in [0.05, 0.1) is 5.56 Å². The average Bonchev–Trinajstić information content (AvgIpc) is 2.29. The Balaban J connectivity index is 2.90. The van der Waals surface area contributed by atoms with Gasteiger partial charge in [0.1, 0.15) is 0 Å². The first-order chi connectivity index (χ1) is 8.84. The standard InChI is InChI=1S/C14H20F3NS/c1-10(2)6-7-19-13-5-4-11(9-18-3)8-12(13)14(15,16)17/h4-5,8,10,18H,6-7,9H2,1-3H3. The van der Waals surface area contributed by atoms with Crippen molar-refractivity contribution in [2.24, 2.45) is 5.92 Å². The van der Waals surface area contributed by atoms with Crippen LogP contribution in [0.3, 0.4) is 0 Å². The predicted octanol–water partition coefficient (Wildman–Crippen LogP) is 4.56. The van der Waals surface area contributed by atoms with E-state index in [1.165, 1.54) is 17.8 Å². The second-order valence-electron chi connectivity index (χ2n) is 4.89. The van der Waals surface area contributed by atoms with E-state index >= 15 is 0 Å². The summed E-state index contributed by atoms with van der Waals surface area (Å²) in [5.41, 5.74) is 0.136. The Kier molecular flexibility index (Phi) is 6.20. The maximum Gasteiger partial charge on any atom is 0.417 e. The Morgan fingerprint density at radius 1 is 1.26 bits per heavy atom. The normalized spacial score (nSPS) is 12.2. The van der Waals surface area contributed by atoms with Gasteiger partial charge in [0, 0.05) is 11.4 Å². The highest BCUT2D eigenvalue weighted by atomic mass is 32.2. The van der Waals surface area contributed by atoms with E-state index in [9.17, 15) is 13.2 Å². The van der Waals surface area contributed by atoms with Gasteiger partial charge >= 0.3 is 6.18 Å². The molecule has 0 bridgehead atoms. The summed E-state index contributed by atoms with van der Waals surface area (Å²) in [6.45, 7) is 4.59. The molecule has 0 atom stereocenters. The summed E-state index contributed by atoms with van der Waals surface area (Å²) in [7, 11) is 1.72. The molecule has 0 saturated heterocycles. The number of nitrogens with one attached hydrogen (secondary N) is 1. The quantitative estimate of drug-likeness (QED) is 0.771. The molecular weight excluding hydrogens is 271 g/mol. The van der Waals surface area contributed by atoms with Gasteiger partial charge < -0.3 is 5.32 Å². The largest absolute Gasteiger partial charge is 0.417 e. The van der Waals surface area contributed by atoms with Gasteiger partial charge in [-0.2, -0.15) is 13.2 Å². The van der Waals surface area contributed by atoms with Gasteiger partial charge in [-0.15, -0.1) is 11.8 Å². The van der Waals surface area contributed by atoms with Gasteiger partial charge in [-0.1, -0.05) is 19.9 Å². The van der Waals surface area contributed by atoms with E-state index in [0.29, 0.717) is 28.7 Å². The highest BCUT2D eigenvalue weighted by Gasteiger charge is 2.33. The number of thioether (sulfide) groups is 1. The molecule has 1 aromatic rings. The monoisotopic (exact) mass is 291 g/mol. The molecule has 0 fully saturated rings. The molecule has 1 N–H and O–H groups in total. The lowest BCUT2D eigenvalue weighted by Gasteiger charge is -2.14. The number of hydrogen-bond acceptors (Lipinski definition) is 2. The maximum atomic E-state index is 13.0. The molecule has 0 unspecified atom stereocenters. The van der Waals surface area contributed by atoms with Gasteiger partial charge in [0.15, 0.2) is 0 Å². The highest BCUT2D eigenvalue weighted by molar-refractivity contribution is 7.99. The number of rotatable bonds is 6. The van der Waals surface area contributed by atoms with Crippen molar-refractivity contribution in [1.29, 1.82) is 0 Å². The smallest absolute Gasteiger partial charge is 0.316 e. The first-order valence-corrected chi connectivity index (χ1v) is 7.30. The first kappa shape index (κ1) is 16.4. The van der Waals surface area contributed by atoms with Crippen molar-refractivity contribution in [3.63, 3.8) is 0 Å². The van der Waals surface area contributed by atoms with Crippen LogP contribution in [-0.4, -0.2) is 12.8 Å². The van der Waals surface area contributed by atoms with Crippen LogP contribution in [-0.2, 0) is 12.7 Å². The molecule has 0 aliphatic heterocycles. The Hall–Kier alpha value is -0.680. The lowest BCUT2D eigenvalue weighted by molar-refractivity contribution is -0.139. The summed E-state index contributed by atoms with van der Waals surface area (Å²) in [6, 6.07) is 4.58.